The summed E-state index contributed by atoms with van der Waals surface area (Å²) >= 11 is 0. The van der Waals surface area contributed by atoms with Gasteiger partial charge in [0.05, 0.1) is 13.0 Å². The van der Waals surface area contributed by atoms with Gasteiger partial charge in [0, 0.05) is 23.2 Å². The van der Waals surface area contributed by atoms with Crippen molar-refractivity contribution in [2.45, 2.75) is 32.3 Å². The number of nitrogen functional groups attached to an aromatic ring is 1. The Morgan fingerprint density at radius 3 is 2.85 bits per heavy atom. The Hall–Kier alpha value is -3.93. The Balaban J connectivity index is 1.49. The van der Waals surface area contributed by atoms with Gasteiger partial charge in [0.1, 0.15) is 23.5 Å². The minimum absolute atomic E-state index is 0.0362. The molecular weight excluding hydrogens is 431 g/mol. The zero-order valence-corrected chi connectivity index (χ0v) is 18.9. The van der Waals surface area contributed by atoms with E-state index in [1.165, 1.54) is 17.7 Å². The van der Waals surface area contributed by atoms with Crippen LogP contribution in [0.1, 0.15) is 36.1 Å². The predicted octanol–water partition coefficient (Wildman–Crippen LogP) is 5.80. The SMILES string of the molecule is CCOC(=O)Cc1ccc(F)cc1O[C@@H]1CCc2ccc(-c3cccc4c(N)nccc34)cc21. The number of pyridine rings is 1. The summed E-state index contributed by atoms with van der Waals surface area (Å²) in [6, 6.07) is 18.6. The maximum Gasteiger partial charge on any atom is 0.310 e. The van der Waals surface area contributed by atoms with E-state index in [0.717, 1.165) is 40.3 Å². The Morgan fingerprint density at radius 1 is 1.12 bits per heavy atom. The van der Waals surface area contributed by atoms with Gasteiger partial charge >= 0.3 is 5.97 Å². The number of hydrogen-bond acceptors (Lipinski definition) is 5. The molecule has 5 rings (SSSR count). The number of rotatable bonds is 6. The van der Waals surface area contributed by atoms with Crippen molar-refractivity contribution in [2.75, 3.05) is 12.3 Å². The molecule has 1 aliphatic rings. The normalized spacial score (nSPS) is 14.7. The monoisotopic (exact) mass is 456 g/mol. The van der Waals surface area contributed by atoms with E-state index in [2.05, 4.69) is 29.2 Å². The summed E-state index contributed by atoms with van der Waals surface area (Å²) in [7, 11) is 0. The highest BCUT2D eigenvalue weighted by Gasteiger charge is 2.26. The molecule has 3 aromatic carbocycles. The molecule has 1 aromatic heterocycles. The number of hydrogen-bond donors (Lipinski definition) is 1. The van der Waals surface area contributed by atoms with Crippen molar-refractivity contribution in [1.29, 1.82) is 0 Å². The van der Waals surface area contributed by atoms with Gasteiger partial charge in [0.15, 0.2) is 0 Å². The second kappa shape index (κ2) is 9.14. The van der Waals surface area contributed by atoms with Gasteiger partial charge in [0.2, 0.25) is 0 Å². The Bertz CT molecular complexity index is 1390. The summed E-state index contributed by atoms with van der Waals surface area (Å²) < 4.78 is 25.4. The fraction of sp³-hybridized carbons (Fsp3) is 0.214. The third kappa shape index (κ3) is 4.19. The van der Waals surface area contributed by atoms with E-state index in [0.29, 0.717) is 23.7 Å². The van der Waals surface area contributed by atoms with Crippen LogP contribution in [0.5, 0.6) is 5.75 Å². The quantitative estimate of drug-likeness (QED) is 0.372. The standard InChI is InChI=1S/C28H25FN2O3/c1-2-33-27(32)15-19-8-10-20(29)16-26(19)34-25-11-9-17-6-7-18(14-24(17)25)21-4-3-5-23-22(21)12-13-31-28(23)30/h3-8,10,12-14,16,25H,2,9,11,15H2,1H3,(H2,30,31)/t25-/m1/s1. The van der Waals surface area contributed by atoms with Crippen LogP contribution in [0.15, 0.2) is 66.9 Å². The number of nitrogens with two attached hydrogens (primary N) is 1. The number of ether oxygens (including phenoxy) is 2. The molecule has 0 amide bonds. The third-order valence-corrected chi connectivity index (χ3v) is 6.26. The van der Waals surface area contributed by atoms with Gasteiger partial charge in [-0.15, -0.1) is 0 Å². The van der Waals surface area contributed by atoms with Gasteiger partial charge < -0.3 is 15.2 Å². The topological polar surface area (TPSA) is 74.4 Å². The molecule has 0 fully saturated rings. The summed E-state index contributed by atoms with van der Waals surface area (Å²) in [5.74, 6) is 0.108. The number of carbonyl (C=O) groups is 1. The Kier molecular flexibility index (Phi) is 5.88. The molecule has 2 N–H and O–H groups in total. The largest absolute Gasteiger partial charge is 0.485 e. The summed E-state index contributed by atoms with van der Waals surface area (Å²) in [5.41, 5.74) is 11.1. The molecule has 0 aliphatic heterocycles. The molecule has 0 unspecified atom stereocenters. The van der Waals surface area contributed by atoms with Crippen LogP contribution in [0, 0.1) is 5.82 Å². The number of fused-ring (bicyclic) bond motifs is 2. The van der Waals surface area contributed by atoms with Crippen molar-refractivity contribution in [3.05, 3.63) is 89.4 Å². The van der Waals surface area contributed by atoms with Gasteiger partial charge in [-0.1, -0.05) is 36.4 Å². The molecule has 1 aliphatic carbocycles. The zero-order valence-electron chi connectivity index (χ0n) is 18.9. The van der Waals surface area contributed by atoms with Gasteiger partial charge in [-0.05, 0) is 65.6 Å². The molecule has 34 heavy (non-hydrogen) atoms. The van der Waals surface area contributed by atoms with Crippen molar-refractivity contribution in [3.8, 4) is 16.9 Å². The third-order valence-electron chi connectivity index (χ3n) is 6.26. The fourth-order valence-electron chi connectivity index (χ4n) is 4.64. The van der Waals surface area contributed by atoms with E-state index in [4.69, 9.17) is 15.2 Å². The second-order valence-electron chi connectivity index (χ2n) is 8.39. The average Bonchev–Trinajstić information content (AvgIpc) is 3.23. The first-order chi connectivity index (χ1) is 16.5. The van der Waals surface area contributed by atoms with Crippen LogP contribution in [0.25, 0.3) is 21.9 Å². The maximum absolute atomic E-state index is 14.1. The van der Waals surface area contributed by atoms with E-state index in [-0.39, 0.29) is 18.5 Å². The first-order valence-corrected chi connectivity index (χ1v) is 11.4. The highest BCUT2D eigenvalue weighted by molar-refractivity contribution is 6.01. The van der Waals surface area contributed by atoms with Crippen LogP contribution in [0.4, 0.5) is 10.2 Å². The maximum atomic E-state index is 14.1. The van der Waals surface area contributed by atoms with Crippen molar-refractivity contribution < 1.29 is 18.7 Å². The highest BCUT2D eigenvalue weighted by atomic mass is 19.1. The summed E-state index contributed by atoms with van der Waals surface area (Å²) in [5, 5.41) is 1.95. The van der Waals surface area contributed by atoms with Crippen LogP contribution in [-0.2, 0) is 22.4 Å². The molecule has 6 heteroatoms. The minimum atomic E-state index is -0.406. The van der Waals surface area contributed by atoms with Crippen molar-refractivity contribution in [3.63, 3.8) is 0 Å². The summed E-state index contributed by atoms with van der Waals surface area (Å²) in [4.78, 5) is 16.2. The molecule has 172 valence electrons. The number of esters is 1. The zero-order chi connectivity index (χ0) is 23.7. The molecule has 0 saturated heterocycles. The number of benzene rings is 3. The lowest BCUT2D eigenvalue weighted by atomic mass is 9.96. The lowest BCUT2D eigenvalue weighted by molar-refractivity contribution is -0.142. The smallest absolute Gasteiger partial charge is 0.310 e. The molecule has 0 spiro atoms. The van der Waals surface area contributed by atoms with Gasteiger partial charge in [-0.25, -0.2) is 9.37 Å². The number of nitrogens with zero attached hydrogens (tertiary/aromatic N) is 1. The first kappa shape index (κ1) is 21.9. The van der Waals surface area contributed by atoms with Crippen molar-refractivity contribution in [1.82, 2.24) is 4.98 Å². The molecular formula is C28H25FN2O3. The lowest BCUT2D eigenvalue weighted by Crippen LogP contribution is -2.11. The molecule has 5 nitrogen and oxygen atoms in total. The molecule has 1 atom stereocenters. The van der Waals surface area contributed by atoms with Crippen LogP contribution in [0.2, 0.25) is 0 Å². The molecule has 0 saturated carbocycles. The number of aryl methyl sites for hydroxylation is 1. The van der Waals surface area contributed by atoms with E-state index in [1.54, 1.807) is 19.2 Å². The fourth-order valence-corrected chi connectivity index (χ4v) is 4.64. The minimum Gasteiger partial charge on any atom is -0.485 e. The van der Waals surface area contributed by atoms with E-state index < -0.39 is 5.82 Å². The van der Waals surface area contributed by atoms with E-state index >= 15 is 0 Å². The molecule has 0 bridgehead atoms. The van der Waals surface area contributed by atoms with E-state index in [9.17, 15) is 9.18 Å². The number of anilines is 1. The number of halogens is 1. The molecule has 0 radical (unpaired) electrons. The van der Waals surface area contributed by atoms with Crippen LogP contribution in [0.3, 0.4) is 0 Å². The van der Waals surface area contributed by atoms with Gasteiger partial charge in [0.25, 0.3) is 0 Å². The lowest BCUT2D eigenvalue weighted by Gasteiger charge is -2.19. The molecule has 4 aromatic rings. The van der Waals surface area contributed by atoms with Crippen molar-refractivity contribution in [2.24, 2.45) is 0 Å². The number of carbonyl (C=O) groups excluding carboxylic acids is 1. The summed E-state index contributed by atoms with van der Waals surface area (Å²) in [6.07, 6.45) is 3.17. The predicted molar refractivity (Wildman–Crippen MR) is 130 cm³/mol. The van der Waals surface area contributed by atoms with E-state index in [1.807, 2.05) is 18.2 Å². The highest BCUT2D eigenvalue weighted by Crippen LogP contribution is 2.40. The molecule has 1 heterocycles. The van der Waals surface area contributed by atoms with Crippen LogP contribution < -0.4 is 10.5 Å². The number of aromatic nitrogens is 1. The Labute approximate surface area is 197 Å². The van der Waals surface area contributed by atoms with Crippen LogP contribution >= 0.6 is 0 Å². The average molecular weight is 457 g/mol. The first-order valence-electron chi connectivity index (χ1n) is 11.4. The Morgan fingerprint density at radius 2 is 2.00 bits per heavy atom. The van der Waals surface area contributed by atoms with Gasteiger partial charge in [-0.3, -0.25) is 4.79 Å². The summed E-state index contributed by atoms with van der Waals surface area (Å²) in [6.45, 7) is 2.05. The second-order valence-corrected chi connectivity index (χ2v) is 8.39. The van der Waals surface area contributed by atoms with Crippen molar-refractivity contribution >= 4 is 22.6 Å². The van der Waals surface area contributed by atoms with Crippen LogP contribution in [-0.4, -0.2) is 17.6 Å². The van der Waals surface area contributed by atoms with Gasteiger partial charge in [-0.2, -0.15) is 0 Å².